The third-order valence-corrected chi connectivity index (χ3v) is 3.63. The zero-order valence-corrected chi connectivity index (χ0v) is 12.9. The smallest absolute Gasteiger partial charge is 0.335 e. The molecule has 0 spiro atoms. The van der Waals surface area contributed by atoms with E-state index in [4.69, 9.17) is 16.7 Å². The second kappa shape index (κ2) is 6.17. The highest BCUT2D eigenvalue weighted by molar-refractivity contribution is 6.50. The van der Waals surface area contributed by atoms with Gasteiger partial charge in [0.2, 0.25) is 0 Å². The van der Waals surface area contributed by atoms with Gasteiger partial charge in [-0.3, -0.25) is 4.79 Å². The molecule has 0 aliphatic heterocycles. The van der Waals surface area contributed by atoms with Crippen molar-refractivity contribution >= 4 is 39.6 Å². The van der Waals surface area contributed by atoms with E-state index in [9.17, 15) is 14.7 Å². The summed E-state index contributed by atoms with van der Waals surface area (Å²) in [6.07, 6.45) is 1.53. The standard InChI is InChI=1S/C17H11ClN2O4/c18-13(7-9-2-1-3-11(21)6-9)15-19-14-8-10(17(23)24)4-5-12(14)16(22)20-15/h1-8,21H,(H,23,24)(H,19,20,22)/b13-7-. The Balaban J connectivity index is 2.12. The molecule has 0 unspecified atom stereocenters. The van der Waals surface area contributed by atoms with Gasteiger partial charge >= 0.3 is 5.97 Å². The lowest BCUT2D eigenvalue weighted by molar-refractivity contribution is 0.0697. The second-order valence-corrected chi connectivity index (χ2v) is 5.45. The van der Waals surface area contributed by atoms with E-state index in [1.165, 1.54) is 36.4 Å². The molecule has 0 aliphatic rings. The van der Waals surface area contributed by atoms with Gasteiger partial charge in [0.1, 0.15) is 5.75 Å². The number of phenolic OH excluding ortho intramolecular Hbond substituents is 1. The van der Waals surface area contributed by atoms with Gasteiger partial charge < -0.3 is 15.2 Å². The van der Waals surface area contributed by atoms with Crippen molar-refractivity contribution in [3.05, 3.63) is 69.8 Å². The fourth-order valence-corrected chi connectivity index (χ4v) is 2.43. The minimum atomic E-state index is -1.11. The third kappa shape index (κ3) is 3.13. The molecule has 24 heavy (non-hydrogen) atoms. The van der Waals surface area contributed by atoms with Crippen LogP contribution < -0.4 is 5.56 Å². The van der Waals surface area contributed by atoms with E-state index >= 15 is 0 Å². The lowest BCUT2D eigenvalue weighted by Gasteiger charge is -2.03. The Bertz CT molecular complexity index is 1040. The van der Waals surface area contributed by atoms with Crippen LogP contribution in [0.3, 0.4) is 0 Å². The summed E-state index contributed by atoms with van der Waals surface area (Å²) < 4.78 is 0. The van der Waals surface area contributed by atoms with E-state index in [1.54, 1.807) is 12.1 Å². The SMILES string of the molecule is O=C(O)c1ccc2c(=O)[nH]c(/C(Cl)=C/c3cccc(O)c3)nc2c1. The molecular weight excluding hydrogens is 332 g/mol. The van der Waals surface area contributed by atoms with Crippen LogP contribution in [0.1, 0.15) is 21.7 Å². The van der Waals surface area contributed by atoms with E-state index in [0.717, 1.165) is 0 Å². The first-order valence-corrected chi connectivity index (χ1v) is 7.26. The van der Waals surface area contributed by atoms with Gasteiger partial charge in [-0.2, -0.15) is 0 Å². The molecule has 7 heteroatoms. The number of hydrogen-bond donors (Lipinski definition) is 3. The first kappa shape index (κ1) is 15.8. The predicted molar refractivity (Wildman–Crippen MR) is 91.2 cm³/mol. The van der Waals surface area contributed by atoms with Crippen LogP contribution in [0.2, 0.25) is 0 Å². The molecule has 0 saturated carbocycles. The number of nitrogens with zero attached hydrogens (tertiary/aromatic N) is 1. The molecule has 3 N–H and O–H groups in total. The molecule has 1 aromatic heterocycles. The van der Waals surface area contributed by atoms with Gasteiger partial charge in [-0.05, 0) is 42.0 Å². The number of H-pyrrole nitrogens is 1. The molecule has 0 amide bonds. The second-order valence-electron chi connectivity index (χ2n) is 5.04. The summed E-state index contributed by atoms with van der Waals surface area (Å²) in [5.74, 6) is -0.915. The molecule has 2 aromatic carbocycles. The number of carboxylic acids is 1. The molecule has 6 nitrogen and oxygen atoms in total. The fraction of sp³-hybridized carbons (Fsp3) is 0. The van der Waals surface area contributed by atoms with Crippen molar-refractivity contribution in [3.63, 3.8) is 0 Å². The number of aromatic amines is 1. The molecule has 0 bridgehead atoms. The summed E-state index contributed by atoms with van der Waals surface area (Å²) in [5, 5.41) is 18.9. The minimum absolute atomic E-state index is 0.0274. The van der Waals surface area contributed by atoms with Crippen LogP contribution in [0.5, 0.6) is 5.75 Å². The van der Waals surface area contributed by atoms with Crippen molar-refractivity contribution in [3.8, 4) is 5.75 Å². The van der Waals surface area contributed by atoms with Gasteiger partial charge in [-0.15, -0.1) is 0 Å². The maximum absolute atomic E-state index is 12.1. The summed E-state index contributed by atoms with van der Waals surface area (Å²) in [6, 6.07) is 10.5. The van der Waals surface area contributed by atoms with Crippen molar-refractivity contribution in [2.45, 2.75) is 0 Å². The van der Waals surface area contributed by atoms with Crippen molar-refractivity contribution < 1.29 is 15.0 Å². The molecule has 3 aromatic rings. The quantitative estimate of drug-likeness (QED) is 0.678. The first-order valence-electron chi connectivity index (χ1n) is 6.88. The van der Waals surface area contributed by atoms with Crippen LogP contribution in [0.4, 0.5) is 0 Å². The number of benzene rings is 2. The number of nitrogens with one attached hydrogen (secondary N) is 1. The van der Waals surface area contributed by atoms with E-state index in [1.807, 2.05) is 0 Å². The molecule has 0 fully saturated rings. The van der Waals surface area contributed by atoms with Crippen LogP contribution in [0.15, 0.2) is 47.3 Å². The van der Waals surface area contributed by atoms with Crippen molar-refractivity contribution in [1.29, 1.82) is 0 Å². The molecule has 0 saturated heterocycles. The molecule has 1 heterocycles. The molecular formula is C17H11ClN2O4. The van der Waals surface area contributed by atoms with Crippen molar-refractivity contribution in [2.75, 3.05) is 0 Å². The Kier molecular flexibility index (Phi) is 4.05. The number of halogens is 1. The molecule has 0 aliphatic carbocycles. The van der Waals surface area contributed by atoms with E-state index < -0.39 is 11.5 Å². The van der Waals surface area contributed by atoms with E-state index in [0.29, 0.717) is 5.56 Å². The number of fused-ring (bicyclic) bond motifs is 1. The van der Waals surface area contributed by atoms with Gasteiger partial charge in [-0.25, -0.2) is 9.78 Å². The highest BCUT2D eigenvalue weighted by atomic mass is 35.5. The Labute approximate surface area is 140 Å². The highest BCUT2D eigenvalue weighted by Crippen LogP contribution is 2.22. The predicted octanol–water partition coefficient (Wildman–Crippen LogP) is 3.06. The van der Waals surface area contributed by atoms with Crippen LogP contribution in [0, 0.1) is 0 Å². The topological polar surface area (TPSA) is 103 Å². The van der Waals surface area contributed by atoms with Crippen LogP contribution in [0.25, 0.3) is 22.0 Å². The average molecular weight is 343 g/mol. The molecule has 120 valence electrons. The summed E-state index contributed by atoms with van der Waals surface area (Å²) in [5.41, 5.74) is 0.465. The van der Waals surface area contributed by atoms with Gasteiger partial charge in [-0.1, -0.05) is 23.7 Å². The minimum Gasteiger partial charge on any atom is -0.508 e. The molecule has 0 radical (unpaired) electrons. The molecule has 0 atom stereocenters. The largest absolute Gasteiger partial charge is 0.508 e. The number of aromatic carboxylic acids is 1. The maximum Gasteiger partial charge on any atom is 0.335 e. The lowest BCUT2D eigenvalue weighted by atomic mass is 10.1. The Hall–Kier alpha value is -3.12. The summed E-state index contributed by atoms with van der Waals surface area (Å²) >= 11 is 6.20. The van der Waals surface area contributed by atoms with Crippen LogP contribution in [-0.2, 0) is 0 Å². The summed E-state index contributed by atoms with van der Waals surface area (Å²) in [6.45, 7) is 0. The van der Waals surface area contributed by atoms with Gasteiger partial charge in [0.05, 0.1) is 21.5 Å². The van der Waals surface area contributed by atoms with Gasteiger partial charge in [0.15, 0.2) is 5.82 Å². The lowest BCUT2D eigenvalue weighted by Crippen LogP contribution is -2.11. The maximum atomic E-state index is 12.1. The average Bonchev–Trinajstić information content (AvgIpc) is 2.54. The van der Waals surface area contributed by atoms with Gasteiger partial charge in [0.25, 0.3) is 5.56 Å². The van der Waals surface area contributed by atoms with Crippen molar-refractivity contribution in [1.82, 2.24) is 9.97 Å². The first-order chi connectivity index (χ1) is 11.4. The number of aromatic hydroxyl groups is 1. The number of phenols is 1. The van der Waals surface area contributed by atoms with Crippen molar-refractivity contribution in [2.24, 2.45) is 0 Å². The monoisotopic (exact) mass is 342 g/mol. The van der Waals surface area contributed by atoms with E-state index in [-0.39, 0.29) is 33.1 Å². The Morgan fingerprint density at radius 3 is 2.71 bits per heavy atom. The van der Waals surface area contributed by atoms with Crippen LogP contribution in [-0.4, -0.2) is 26.2 Å². The highest BCUT2D eigenvalue weighted by Gasteiger charge is 2.10. The van der Waals surface area contributed by atoms with E-state index in [2.05, 4.69) is 9.97 Å². The Morgan fingerprint density at radius 2 is 2.00 bits per heavy atom. The number of aromatic nitrogens is 2. The number of hydrogen-bond acceptors (Lipinski definition) is 4. The Morgan fingerprint density at radius 1 is 1.21 bits per heavy atom. The third-order valence-electron chi connectivity index (χ3n) is 3.34. The number of carboxylic acid groups (broad SMARTS) is 1. The summed E-state index contributed by atoms with van der Waals surface area (Å²) in [4.78, 5) is 29.9. The number of carbonyl (C=O) groups is 1. The number of rotatable bonds is 3. The summed E-state index contributed by atoms with van der Waals surface area (Å²) in [7, 11) is 0. The zero-order valence-electron chi connectivity index (χ0n) is 12.2. The fourth-order valence-electron chi connectivity index (χ4n) is 2.21. The molecule has 3 rings (SSSR count). The van der Waals surface area contributed by atoms with Crippen LogP contribution >= 0.6 is 11.6 Å². The zero-order chi connectivity index (χ0) is 17.3. The normalized spacial score (nSPS) is 11.6. The van der Waals surface area contributed by atoms with Gasteiger partial charge in [0, 0.05) is 0 Å².